The fourth-order valence-corrected chi connectivity index (χ4v) is 5.69. The molecule has 6 heteroatoms. The SMILES string of the molecule is O=C1C[C@@H](c2cccs2)CC2=C1[C@@H](c1ccc(Cl)cc1)c1cc3c(cc1N2)OCO3. The number of carbonyl (C=O) groups excluding carboxylic acids is 1. The van der Waals surface area contributed by atoms with Crippen molar-refractivity contribution < 1.29 is 14.3 Å². The van der Waals surface area contributed by atoms with Gasteiger partial charge in [0.05, 0.1) is 0 Å². The molecule has 0 bridgehead atoms. The van der Waals surface area contributed by atoms with Crippen molar-refractivity contribution in [3.05, 3.63) is 86.2 Å². The Morgan fingerprint density at radius 1 is 1.03 bits per heavy atom. The van der Waals surface area contributed by atoms with Crippen molar-refractivity contribution in [1.29, 1.82) is 0 Å². The van der Waals surface area contributed by atoms with Crippen molar-refractivity contribution in [2.24, 2.45) is 0 Å². The van der Waals surface area contributed by atoms with Gasteiger partial charge in [-0.2, -0.15) is 0 Å². The first-order valence-electron chi connectivity index (χ1n) is 9.93. The van der Waals surface area contributed by atoms with E-state index in [1.54, 1.807) is 11.3 Å². The number of rotatable bonds is 2. The third kappa shape index (κ3) is 2.84. The van der Waals surface area contributed by atoms with Crippen LogP contribution in [0.2, 0.25) is 5.02 Å². The maximum atomic E-state index is 13.5. The molecule has 2 aromatic carbocycles. The number of fused-ring (bicyclic) bond motifs is 2. The number of ether oxygens (including phenoxy) is 2. The summed E-state index contributed by atoms with van der Waals surface area (Å²) in [7, 11) is 0. The maximum Gasteiger partial charge on any atom is 0.231 e. The summed E-state index contributed by atoms with van der Waals surface area (Å²) in [5, 5.41) is 6.32. The van der Waals surface area contributed by atoms with E-state index in [-0.39, 0.29) is 24.4 Å². The minimum absolute atomic E-state index is 0.153. The number of thiophene rings is 1. The number of carbonyl (C=O) groups is 1. The Kier molecular flexibility index (Phi) is 4.15. The van der Waals surface area contributed by atoms with Gasteiger partial charge in [0, 0.05) is 51.2 Å². The second-order valence-electron chi connectivity index (χ2n) is 7.84. The molecule has 150 valence electrons. The first-order valence-corrected chi connectivity index (χ1v) is 11.2. The van der Waals surface area contributed by atoms with E-state index in [2.05, 4.69) is 22.8 Å². The summed E-state index contributed by atoms with van der Waals surface area (Å²) in [5.41, 5.74) is 4.92. The molecule has 0 saturated heterocycles. The molecule has 1 N–H and O–H groups in total. The minimum Gasteiger partial charge on any atom is -0.454 e. The molecule has 6 rings (SSSR count). The molecule has 30 heavy (non-hydrogen) atoms. The van der Waals surface area contributed by atoms with Crippen LogP contribution in [0, 0.1) is 0 Å². The molecule has 1 aromatic heterocycles. The zero-order chi connectivity index (χ0) is 20.2. The topological polar surface area (TPSA) is 47.6 Å². The summed E-state index contributed by atoms with van der Waals surface area (Å²) in [6.45, 7) is 0.219. The summed E-state index contributed by atoms with van der Waals surface area (Å²) in [4.78, 5) is 14.7. The van der Waals surface area contributed by atoms with Gasteiger partial charge in [0.25, 0.3) is 0 Å². The Labute approximate surface area is 183 Å². The standard InChI is InChI=1S/C24H18ClNO3S/c25-15-5-3-13(4-6-15)23-16-10-20-21(29-12-28-20)11-17(16)26-18-8-14(9-19(27)24(18)23)22-2-1-7-30-22/h1-7,10-11,14,23,26H,8-9,12H2/t14-,23-/m0/s1. The molecule has 2 aliphatic heterocycles. The highest BCUT2D eigenvalue weighted by Gasteiger charge is 2.39. The molecule has 4 nitrogen and oxygen atoms in total. The second-order valence-corrected chi connectivity index (χ2v) is 9.25. The zero-order valence-electron chi connectivity index (χ0n) is 16.0. The van der Waals surface area contributed by atoms with Gasteiger partial charge in [-0.05, 0) is 47.2 Å². The van der Waals surface area contributed by atoms with Crippen LogP contribution in [0.4, 0.5) is 5.69 Å². The first-order chi connectivity index (χ1) is 14.7. The highest BCUT2D eigenvalue weighted by atomic mass is 35.5. The van der Waals surface area contributed by atoms with Crippen LogP contribution in [0.25, 0.3) is 0 Å². The van der Waals surface area contributed by atoms with Crippen molar-refractivity contribution in [3.63, 3.8) is 0 Å². The van der Waals surface area contributed by atoms with Crippen LogP contribution >= 0.6 is 22.9 Å². The molecular weight excluding hydrogens is 418 g/mol. The van der Waals surface area contributed by atoms with E-state index in [1.165, 1.54) is 4.88 Å². The molecule has 3 heterocycles. The number of allylic oxidation sites excluding steroid dienone is 2. The van der Waals surface area contributed by atoms with Gasteiger partial charge >= 0.3 is 0 Å². The summed E-state index contributed by atoms with van der Waals surface area (Å²) >= 11 is 7.86. The fraction of sp³-hybridized carbons (Fsp3) is 0.208. The van der Waals surface area contributed by atoms with Crippen LogP contribution in [0.1, 0.15) is 40.7 Å². The largest absolute Gasteiger partial charge is 0.454 e. The van der Waals surface area contributed by atoms with E-state index in [0.717, 1.165) is 46.0 Å². The molecular formula is C24H18ClNO3S. The smallest absolute Gasteiger partial charge is 0.231 e. The van der Waals surface area contributed by atoms with Crippen LogP contribution in [0.15, 0.2) is 65.2 Å². The van der Waals surface area contributed by atoms with Crippen molar-refractivity contribution in [1.82, 2.24) is 0 Å². The first kappa shape index (κ1) is 18.0. The number of hydrogen-bond acceptors (Lipinski definition) is 5. The average Bonchev–Trinajstić information content (AvgIpc) is 3.43. The fourth-order valence-electron chi connectivity index (χ4n) is 4.73. The molecule has 1 aliphatic carbocycles. The van der Waals surface area contributed by atoms with E-state index in [4.69, 9.17) is 21.1 Å². The lowest BCUT2D eigenvalue weighted by molar-refractivity contribution is -0.116. The monoisotopic (exact) mass is 435 g/mol. The van der Waals surface area contributed by atoms with E-state index < -0.39 is 0 Å². The Hall–Kier alpha value is -2.76. The van der Waals surface area contributed by atoms with E-state index in [1.807, 2.05) is 36.4 Å². The second kappa shape index (κ2) is 6.89. The molecule has 2 atom stereocenters. The predicted octanol–water partition coefficient (Wildman–Crippen LogP) is 6.09. The number of anilines is 1. The van der Waals surface area contributed by atoms with Crippen LogP contribution in [-0.2, 0) is 4.79 Å². The van der Waals surface area contributed by atoms with E-state index in [9.17, 15) is 4.79 Å². The van der Waals surface area contributed by atoms with Crippen molar-refractivity contribution in [3.8, 4) is 11.5 Å². The molecule has 0 spiro atoms. The highest BCUT2D eigenvalue weighted by Crippen LogP contribution is 2.51. The van der Waals surface area contributed by atoms with Gasteiger partial charge in [0.15, 0.2) is 17.3 Å². The number of ketones is 1. The number of hydrogen-bond donors (Lipinski definition) is 1. The lowest BCUT2D eigenvalue weighted by Crippen LogP contribution is -2.29. The van der Waals surface area contributed by atoms with Crippen LogP contribution in [0.5, 0.6) is 11.5 Å². The Morgan fingerprint density at radius 3 is 2.60 bits per heavy atom. The normalized spacial score (nSPS) is 21.8. The van der Waals surface area contributed by atoms with Gasteiger partial charge in [-0.3, -0.25) is 4.79 Å². The summed E-state index contributed by atoms with van der Waals surface area (Å²) < 4.78 is 11.2. The number of halogens is 1. The highest BCUT2D eigenvalue weighted by molar-refractivity contribution is 7.10. The Balaban J connectivity index is 1.51. The lowest BCUT2D eigenvalue weighted by atomic mass is 9.73. The maximum absolute atomic E-state index is 13.5. The molecule has 0 radical (unpaired) electrons. The van der Waals surface area contributed by atoms with Crippen molar-refractivity contribution >= 4 is 34.4 Å². The number of Topliss-reactive ketones (excluding diaryl/α,β-unsaturated/α-hetero) is 1. The van der Waals surface area contributed by atoms with Gasteiger partial charge in [0.1, 0.15) is 0 Å². The van der Waals surface area contributed by atoms with Crippen LogP contribution in [0.3, 0.4) is 0 Å². The molecule has 0 amide bonds. The predicted molar refractivity (Wildman–Crippen MR) is 118 cm³/mol. The average molecular weight is 436 g/mol. The van der Waals surface area contributed by atoms with Crippen LogP contribution < -0.4 is 14.8 Å². The summed E-state index contributed by atoms with van der Waals surface area (Å²) in [6.07, 6.45) is 1.35. The van der Waals surface area contributed by atoms with E-state index in [0.29, 0.717) is 11.4 Å². The quantitative estimate of drug-likeness (QED) is 0.529. The van der Waals surface area contributed by atoms with Crippen molar-refractivity contribution in [2.75, 3.05) is 12.1 Å². The Morgan fingerprint density at radius 2 is 1.83 bits per heavy atom. The van der Waals surface area contributed by atoms with Gasteiger partial charge in [0.2, 0.25) is 6.79 Å². The molecule has 0 saturated carbocycles. The van der Waals surface area contributed by atoms with Gasteiger partial charge < -0.3 is 14.8 Å². The molecule has 3 aliphatic rings. The van der Waals surface area contributed by atoms with Gasteiger partial charge in [-0.25, -0.2) is 0 Å². The van der Waals surface area contributed by atoms with Gasteiger partial charge in [-0.15, -0.1) is 11.3 Å². The lowest BCUT2D eigenvalue weighted by Gasteiger charge is -2.36. The number of benzene rings is 2. The van der Waals surface area contributed by atoms with Crippen LogP contribution in [-0.4, -0.2) is 12.6 Å². The number of nitrogens with one attached hydrogen (secondary N) is 1. The van der Waals surface area contributed by atoms with Gasteiger partial charge in [-0.1, -0.05) is 29.8 Å². The molecule has 0 fully saturated rings. The molecule has 0 unspecified atom stereocenters. The third-order valence-corrected chi connectivity index (χ3v) is 7.37. The Bertz CT molecular complexity index is 1180. The molecule has 3 aromatic rings. The minimum atomic E-state index is -0.153. The zero-order valence-corrected chi connectivity index (χ0v) is 17.6. The van der Waals surface area contributed by atoms with E-state index >= 15 is 0 Å². The van der Waals surface area contributed by atoms with Crippen molar-refractivity contribution in [2.45, 2.75) is 24.7 Å². The summed E-state index contributed by atoms with van der Waals surface area (Å²) in [5.74, 6) is 1.71. The third-order valence-electron chi connectivity index (χ3n) is 6.09. The summed E-state index contributed by atoms with van der Waals surface area (Å²) in [6, 6.07) is 16.0.